The Morgan fingerprint density at radius 2 is 1.89 bits per heavy atom. The highest BCUT2D eigenvalue weighted by atomic mass is 32.1. The molecule has 0 aliphatic rings. The van der Waals surface area contributed by atoms with Crippen LogP contribution in [0.3, 0.4) is 0 Å². The number of imidazole rings is 1. The molecule has 0 saturated heterocycles. The molecule has 0 aliphatic carbocycles. The standard InChI is InChI=1S/C16H17F3N4O3S/c1-3-22-12(24)11-9(2)10(8-21-7-5-20-14(21)25)27-13(11)23(15(22)26)6-4-16(17,18)19/h5,7H,3-4,6,8H2,1-2H3,(H,20,25). The number of fused-ring (bicyclic) bond motifs is 1. The zero-order valence-electron chi connectivity index (χ0n) is 14.6. The smallest absolute Gasteiger partial charge is 0.313 e. The van der Waals surface area contributed by atoms with Gasteiger partial charge in [-0.25, -0.2) is 9.59 Å². The van der Waals surface area contributed by atoms with Crippen molar-refractivity contribution in [2.45, 2.75) is 46.1 Å². The minimum absolute atomic E-state index is 0.0571. The van der Waals surface area contributed by atoms with Gasteiger partial charge in [-0.05, 0) is 19.4 Å². The lowest BCUT2D eigenvalue weighted by atomic mass is 10.2. The third kappa shape index (κ3) is 3.51. The quantitative estimate of drug-likeness (QED) is 0.709. The van der Waals surface area contributed by atoms with Crippen LogP contribution in [0.2, 0.25) is 0 Å². The summed E-state index contributed by atoms with van der Waals surface area (Å²) in [6.45, 7) is 2.91. The Morgan fingerprint density at radius 1 is 1.19 bits per heavy atom. The molecule has 3 aromatic rings. The minimum Gasteiger partial charge on any atom is -0.313 e. The maximum absolute atomic E-state index is 12.7. The van der Waals surface area contributed by atoms with Crippen LogP contribution >= 0.6 is 11.3 Å². The fraction of sp³-hybridized carbons (Fsp3) is 0.438. The number of aromatic amines is 1. The van der Waals surface area contributed by atoms with Crippen LogP contribution in [0.5, 0.6) is 0 Å². The number of nitrogens with one attached hydrogen (secondary N) is 1. The number of thiophene rings is 1. The Labute approximate surface area is 154 Å². The number of hydrogen-bond donors (Lipinski definition) is 1. The van der Waals surface area contributed by atoms with E-state index in [0.717, 1.165) is 20.5 Å². The molecule has 0 spiro atoms. The highest BCUT2D eigenvalue weighted by molar-refractivity contribution is 7.18. The Bertz CT molecular complexity index is 1160. The first kappa shape index (κ1) is 19.2. The molecule has 27 heavy (non-hydrogen) atoms. The average molecular weight is 402 g/mol. The van der Waals surface area contributed by atoms with Crippen molar-refractivity contribution in [3.63, 3.8) is 0 Å². The summed E-state index contributed by atoms with van der Waals surface area (Å²) >= 11 is 1.06. The fourth-order valence-corrected chi connectivity index (χ4v) is 4.25. The van der Waals surface area contributed by atoms with E-state index in [2.05, 4.69) is 4.98 Å². The largest absolute Gasteiger partial charge is 0.390 e. The second-order valence-corrected chi connectivity index (χ2v) is 7.16. The molecular weight excluding hydrogens is 385 g/mol. The summed E-state index contributed by atoms with van der Waals surface area (Å²) in [6, 6.07) is 0. The first-order valence-electron chi connectivity index (χ1n) is 8.20. The molecule has 146 valence electrons. The van der Waals surface area contributed by atoms with Gasteiger partial charge in [-0.3, -0.25) is 18.5 Å². The molecule has 7 nitrogen and oxygen atoms in total. The molecule has 3 rings (SSSR count). The number of aryl methyl sites for hydroxylation is 2. The van der Waals surface area contributed by atoms with E-state index in [9.17, 15) is 27.6 Å². The normalized spacial score (nSPS) is 12.2. The van der Waals surface area contributed by atoms with Gasteiger partial charge in [-0.15, -0.1) is 11.3 Å². The van der Waals surface area contributed by atoms with Gasteiger partial charge in [0.2, 0.25) is 0 Å². The van der Waals surface area contributed by atoms with E-state index < -0.39 is 30.4 Å². The number of nitrogens with zero attached hydrogens (tertiary/aromatic N) is 3. The summed E-state index contributed by atoms with van der Waals surface area (Å²) < 4.78 is 41.4. The van der Waals surface area contributed by atoms with Gasteiger partial charge in [0.05, 0.1) is 18.4 Å². The predicted octanol–water partition coefficient (Wildman–Crippen LogP) is 2.04. The van der Waals surface area contributed by atoms with Gasteiger partial charge in [-0.2, -0.15) is 13.2 Å². The lowest BCUT2D eigenvalue weighted by Gasteiger charge is -2.12. The Kier molecular flexibility index (Phi) is 4.89. The van der Waals surface area contributed by atoms with E-state index in [-0.39, 0.29) is 29.0 Å². The van der Waals surface area contributed by atoms with Crippen molar-refractivity contribution in [3.05, 3.63) is 54.2 Å². The Morgan fingerprint density at radius 3 is 2.44 bits per heavy atom. The molecule has 0 aliphatic heterocycles. The highest BCUT2D eigenvalue weighted by Gasteiger charge is 2.28. The summed E-state index contributed by atoms with van der Waals surface area (Å²) in [4.78, 5) is 40.3. The first-order valence-corrected chi connectivity index (χ1v) is 9.02. The zero-order chi connectivity index (χ0) is 19.9. The molecule has 11 heteroatoms. The van der Waals surface area contributed by atoms with Gasteiger partial charge in [0.15, 0.2) is 0 Å². The van der Waals surface area contributed by atoms with Crippen LogP contribution in [0.4, 0.5) is 13.2 Å². The highest BCUT2D eigenvalue weighted by Crippen LogP contribution is 2.29. The molecule has 0 fully saturated rings. The summed E-state index contributed by atoms with van der Waals surface area (Å²) in [5.41, 5.74) is -1.06. The van der Waals surface area contributed by atoms with Crippen LogP contribution in [0, 0.1) is 6.92 Å². The van der Waals surface area contributed by atoms with E-state index in [1.807, 2.05) is 0 Å². The van der Waals surface area contributed by atoms with E-state index in [0.29, 0.717) is 10.4 Å². The van der Waals surface area contributed by atoms with Crippen molar-refractivity contribution in [2.75, 3.05) is 0 Å². The van der Waals surface area contributed by atoms with Gasteiger partial charge >= 0.3 is 17.6 Å². The average Bonchev–Trinajstić information content (AvgIpc) is 3.11. The van der Waals surface area contributed by atoms with Crippen molar-refractivity contribution in [1.82, 2.24) is 18.7 Å². The minimum atomic E-state index is -4.42. The number of aromatic nitrogens is 4. The van der Waals surface area contributed by atoms with Crippen LogP contribution < -0.4 is 16.9 Å². The molecule has 0 radical (unpaired) electrons. The molecular formula is C16H17F3N4O3S. The maximum Gasteiger partial charge on any atom is 0.390 e. The number of rotatable bonds is 5. The molecule has 0 unspecified atom stereocenters. The van der Waals surface area contributed by atoms with E-state index in [1.165, 1.54) is 17.0 Å². The molecule has 1 N–H and O–H groups in total. The third-order valence-corrected chi connectivity index (χ3v) is 5.66. The lowest BCUT2D eigenvalue weighted by molar-refractivity contribution is -0.136. The molecule has 0 atom stereocenters. The van der Waals surface area contributed by atoms with Crippen LogP contribution in [-0.4, -0.2) is 24.9 Å². The molecule has 3 heterocycles. The topological polar surface area (TPSA) is 81.8 Å². The molecule has 0 bridgehead atoms. The van der Waals surface area contributed by atoms with Crippen molar-refractivity contribution in [2.24, 2.45) is 0 Å². The predicted molar refractivity (Wildman–Crippen MR) is 95.6 cm³/mol. The van der Waals surface area contributed by atoms with Gasteiger partial charge in [-0.1, -0.05) is 0 Å². The maximum atomic E-state index is 12.7. The van der Waals surface area contributed by atoms with E-state index in [1.54, 1.807) is 13.8 Å². The molecule has 0 aromatic carbocycles. The van der Waals surface area contributed by atoms with Crippen molar-refractivity contribution in [3.8, 4) is 0 Å². The number of H-pyrrole nitrogens is 1. The van der Waals surface area contributed by atoms with E-state index >= 15 is 0 Å². The van der Waals surface area contributed by atoms with Gasteiger partial charge in [0, 0.05) is 30.4 Å². The monoisotopic (exact) mass is 402 g/mol. The van der Waals surface area contributed by atoms with Crippen molar-refractivity contribution >= 4 is 21.6 Å². The second-order valence-electron chi connectivity index (χ2n) is 6.07. The van der Waals surface area contributed by atoms with Crippen molar-refractivity contribution < 1.29 is 13.2 Å². The third-order valence-electron chi connectivity index (χ3n) is 4.36. The number of halogens is 3. The van der Waals surface area contributed by atoms with Crippen LogP contribution in [0.1, 0.15) is 23.8 Å². The number of hydrogen-bond acceptors (Lipinski definition) is 4. The molecule has 3 aromatic heterocycles. The van der Waals surface area contributed by atoms with Gasteiger partial charge in [0.25, 0.3) is 5.56 Å². The summed E-state index contributed by atoms with van der Waals surface area (Å²) in [6.07, 6.45) is -2.60. The summed E-state index contributed by atoms with van der Waals surface area (Å²) in [7, 11) is 0. The summed E-state index contributed by atoms with van der Waals surface area (Å²) in [5.74, 6) is 0. The van der Waals surface area contributed by atoms with Crippen LogP contribution in [0.15, 0.2) is 26.8 Å². The van der Waals surface area contributed by atoms with Gasteiger partial charge in [0.1, 0.15) is 4.83 Å². The van der Waals surface area contributed by atoms with Gasteiger partial charge < -0.3 is 4.98 Å². The number of alkyl halides is 3. The first-order chi connectivity index (χ1) is 12.6. The van der Waals surface area contributed by atoms with Crippen molar-refractivity contribution in [1.29, 1.82) is 0 Å². The Hall–Kier alpha value is -2.56. The zero-order valence-corrected chi connectivity index (χ0v) is 15.4. The van der Waals surface area contributed by atoms with Crippen LogP contribution in [0.25, 0.3) is 10.2 Å². The fourth-order valence-electron chi connectivity index (χ4n) is 2.93. The van der Waals surface area contributed by atoms with Crippen LogP contribution in [-0.2, 0) is 19.6 Å². The Balaban J connectivity index is 2.23. The second kappa shape index (κ2) is 6.87. The molecule has 0 saturated carbocycles. The molecule has 0 amide bonds. The summed E-state index contributed by atoms with van der Waals surface area (Å²) in [5, 5.41) is 0.224. The lowest BCUT2D eigenvalue weighted by Crippen LogP contribution is -2.39. The SMILES string of the molecule is CCn1c(=O)c2c(C)c(Cn3cc[nH]c3=O)sc2n(CCC(F)(F)F)c1=O. The van der Waals surface area contributed by atoms with E-state index in [4.69, 9.17) is 0 Å².